The summed E-state index contributed by atoms with van der Waals surface area (Å²) in [6.45, 7) is 0. The van der Waals surface area contributed by atoms with Gasteiger partial charge in [-0.2, -0.15) is 5.26 Å². The van der Waals surface area contributed by atoms with E-state index in [1.807, 2.05) is 90.2 Å². The van der Waals surface area contributed by atoms with Crippen LogP contribution in [0.5, 0.6) is 0 Å². The molecule has 242 valence electrons. The third-order valence-corrected chi connectivity index (χ3v) is 10.8. The van der Waals surface area contributed by atoms with E-state index in [1.165, 1.54) is 20.2 Å². The normalized spacial score (nSPS) is 11.4. The van der Waals surface area contributed by atoms with E-state index >= 15 is 0 Å². The highest BCUT2D eigenvalue weighted by Crippen LogP contribution is 2.40. The molecule has 5 nitrogen and oxygen atoms in total. The van der Waals surface area contributed by atoms with Crippen molar-refractivity contribution < 1.29 is 0 Å². The number of benzene rings is 7. The summed E-state index contributed by atoms with van der Waals surface area (Å²) in [4.78, 5) is 15.4. The second-order valence-electron chi connectivity index (χ2n) is 12.8. The number of hydrogen-bond donors (Lipinski definition) is 0. The van der Waals surface area contributed by atoms with Crippen molar-refractivity contribution in [3.8, 4) is 57.0 Å². The van der Waals surface area contributed by atoms with Crippen molar-refractivity contribution in [3.63, 3.8) is 0 Å². The number of thiophene rings is 1. The predicted molar refractivity (Wildman–Crippen MR) is 214 cm³/mol. The smallest absolute Gasteiger partial charge is 0.166 e. The quantitative estimate of drug-likeness (QED) is 0.181. The molecule has 3 heterocycles. The van der Waals surface area contributed by atoms with Gasteiger partial charge in [0.15, 0.2) is 17.5 Å². The Hall–Kier alpha value is -6.94. The lowest BCUT2D eigenvalue weighted by molar-refractivity contribution is 1.06. The van der Waals surface area contributed by atoms with Crippen molar-refractivity contribution >= 4 is 53.3 Å². The summed E-state index contributed by atoms with van der Waals surface area (Å²) in [6.07, 6.45) is 0. The van der Waals surface area contributed by atoms with Crippen LogP contribution >= 0.6 is 11.3 Å². The van der Waals surface area contributed by atoms with Gasteiger partial charge in [0.2, 0.25) is 0 Å². The molecular formula is C46H27N5S. The molecule has 0 spiro atoms. The largest absolute Gasteiger partial charge is 0.308 e. The number of hydrogen-bond acceptors (Lipinski definition) is 5. The molecule has 3 aromatic heterocycles. The predicted octanol–water partition coefficient (Wildman–Crippen LogP) is 11.9. The van der Waals surface area contributed by atoms with Gasteiger partial charge >= 0.3 is 0 Å². The summed E-state index contributed by atoms with van der Waals surface area (Å²) in [7, 11) is 0. The summed E-state index contributed by atoms with van der Waals surface area (Å²) < 4.78 is 4.78. The van der Waals surface area contributed by atoms with Crippen LogP contribution in [0.1, 0.15) is 5.56 Å². The molecule has 0 N–H and O–H groups in total. The first kappa shape index (κ1) is 29.9. The number of para-hydroxylation sites is 1. The van der Waals surface area contributed by atoms with E-state index < -0.39 is 0 Å². The first-order valence-electron chi connectivity index (χ1n) is 17.1. The average molecular weight is 682 g/mol. The van der Waals surface area contributed by atoms with Gasteiger partial charge in [-0.05, 0) is 59.7 Å². The minimum absolute atomic E-state index is 0.564. The van der Waals surface area contributed by atoms with E-state index in [1.54, 1.807) is 0 Å². The van der Waals surface area contributed by atoms with Gasteiger partial charge in [-0.3, -0.25) is 0 Å². The molecule has 7 aromatic carbocycles. The van der Waals surface area contributed by atoms with E-state index in [-0.39, 0.29) is 0 Å². The third kappa shape index (κ3) is 4.95. The van der Waals surface area contributed by atoms with Crippen LogP contribution in [0.25, 0.3) is 93.0 Å². The Bertz CT molecular complexity index is 2970. The van der Waals surface area contributed by atoms with E-state index in [4.69, 9.17) is 15.0 Å². The molecule has 0 aliphatic carbocycles. The van der Waals surface area contributed by atoms with Crippen LogP contribution in [0, 0.1) is 11.3 Å². The molecule has 0 saturated carbocycles. The van der Waals surface area contributed by atoms with Gasteiger partial charge in [-0.15, -0.1) is 11.3 Å². The molecule has 0 amide bonds. The number of aromatic nitrogens is 4. The average Bonchev–Trinajstić information content (AvgIpc) is 3.76. The number of rotatable bonds is 5. The number of nitriles is 1. The first-order chi connectivity index (χ1) is 25.7. The first-order valence-corrected chi connectivity index (χ1v) is 17.9. The molecule has 0 saturated heterocycles. The lowest BCUT2D eigenvalue weighted by atomic mass is 9.99. The SMILES string of the molecule is N#Cc1ccc2c3ccccc3n(-c3ccc(-c4ccc5sc6ccccc6c5c4)cc3-c3nc(-c4ccccc4)nc(-c4ccccc4)n3)c2c1. The Morgan fingerprint density at radius 3 is 1.79 bits per heavy atom. The summed E-state index contributed by atoms with van der Waals surface area (Å²) >= 11 is 1.82. The van der Waals surface area contributed by atoms with Crippen molar-refractivity contribution in [3.05, 3.63) is 169 Å². The van der Waals surface area contributed by atoms with Crippen LogP contribution in [0.3, 0.4) is 0 Å². The van der Waals surface area contributed by atoms with Gasteiger partial charge in [0, 0.05) is 47.6 Å². The van der Waals surface area contributed by atoms with Crippen molar-refractivity contribution in [1.82, 2.24) is 19.5 Å². The minimum atomic E-state index is 0.564. The molecule has 0 bridgehead atoms. The number of fused-ring (bicyclic) bond motifs is 6. The second-order valence-corrected chi connectivity index (χ2v) is 13.9. The highest BCUT2D eigenvalue weighted by Gasteiger charge is 2.21. The van der Waals surface area contributed by atoms with Gasteiger partial charge < -0.3 is 4.57 Å². The fraction of sp³-hybridized carbons (Fsp3) is 0. The molecule has 0 fully saturated rings. The molecule has 0 unspecified atom stereocenters. The fourth-order valence-electron chi connectivity index (χ4n) is 7.22. The van der Waals surface area contributed by atoms with Crippen LogP contribution in [0.4, 0.5) is 0 Å². The molecule has 10 rings (SSSR count). The summed E-state index contributed by atoms with van der Waals surface area (Å²) in [5.74, 6) is 1.76. The van der Waals surface area contributed by atoms with Crippen LogP contribution in [0.2, 0.25) is 0 Å². The summed E-state index contributed by atoms with van der Waals surface area (Å²) in [5, 5.41) is 14.6. The van der Waals surface area contributed by atoms with E-state index in [0.717, 1.165) is 55.3 Å². The van der Waals surface area contributed by atoms with Gasteiger partial charge in [-0.25, -0.2) is 15.0 Å². The lowest BCUT2D eigenvalue weighted by Gasteiger charge is -2.16. The lowest BCUT2D eigenvalue weighted by Crippen LogP contribution is -2.04. The molecule has 0 radical (unpaired) electrons. The highest BCUT2D eigenvalue weighted by molar-refractivity contribution is 7.25. The molecule has 6 heteroatoms. The molecular weight excluding hydrogens is 655 g/mol. The Labute approximate surface area is 303 Å². The maximum absolute atomic E-state index is 9.95. The zero-order valence-electron chi connectivity index (χ0n) is 27.7. The molecule has 0 aliphatic rings. The van der Waals surface area contributed by atoms with Gasteiger partial charge in [0.05, 0.1) is 28.4 Å². The fourth-order valence-corrected chi connectivity index (χ4v) is 8.31. The van der Waals surface area contributed by atoms with Crippen molar-refractivity contribution in [2.45, 2.75) is 0 Å². The van der Waals surface area contributed by atoms with E-state index in [0.29, 0.717) is 23.0 Å². The standard InChI is InChI=1S/C46H27N5S/c47-28-29-19-22-35-34-15-7-9-17-39(34)51(41(35)25-29)40-23-20-32(33-21-24-43-37(26-33)36-16-8-10-18-42(36)52-43)27-38(40)46-49-44(30-11-3-1-4-12-30)48-45(50-46)31-13-5-2-6-14-31/h1-27H. The zero-order chi connectivity index (χ0) is 34.6. The van der Waals surface area contributed by atoms with Gasteiger partial charge in [0.1, 0.15) is 0 Å². The molecule has 52 heavy (non-hydrogen) atoms. The monoisotopic (exact) mass is 681 g/mol. The van der Waals surface area contributed by atoms with Crippen molar-refractivity contribution in [2.24, 2.45) is 0 Å². The van der Waals surface area contributed by atoms with E-state index in [2.05, 4.69) is 95.6 Å². The zero-order valence-corrected chi connectivity index (χ0v) is 28.5. The Morgan fingerprint density at radius 2 is 1.04 bits per heavy atom. The molecule has 10 aromatic rings. The Balaban J connectivity index is 1.28. The molecule has 0 aliphatic heterocycles. The second kappa shape index (κ2) is 12.1. The van der Waals surface area contributed by atoms with Crippen LogP contribution < -0.4 is 0 Å². The number of nitrogens with zero attached hydrogens (tertiary/aromatic N) is 5. The van der Waals surface area contributed by atoms with E-state index in [9.17, 15) is 5.26 Å². The Kier molecular flexibility index (Phi) is 6.98. The maximum Gasteiger partial charge on any atom is 0.166 e. The Morgan fingerprint density at radius 1 is 0.442 bits per heavy atom. The highest BCUT2D eigenvalue weighted by atomic mass is 32.1. The molecule has 0 atom stereocenters. The summed E-state index contributed by atoms with van der Waals surface area (Å²) in [5.41, 5.74) is 8.33. The van der Waals surface area contributed by atoms with Gasteiger partial charge in [-0.1, -0.05) is 115 Å². The summed E-state index contributed by atoms with van der Waals surface area (Å²) in [6, 6.07) is 58.6. The topological polar surface area (TPSA) is 67.4 Å². The van der Waals surface area contributed by atoms with Crippen LogP contribution in [-0.4, -0.2) is 19.5 Å². The van der Waals surface area contributed by atoms with Crippen LogP contribution in [0.15, 0.2) is 164 Å². The maximum atomic E-state index is 9.95. The minimum Gasteiger partial charge on any atom is -0.308 e. The van der Waals surface area contributed by atoms with Crippen LogP contribution in [-0.2, 0) is 0 Å². The van der Waals surface area contributed by atoms with Crippen molar-refractivity contribution in [2.75, 3.05) is 0 Å². The van der Waals surface area contributed by atoms with Gasteiger partial charge in [0.25, 0.3) is 0 Å². The van der Waals surface area contributed by atoms with Crippen molar-refractivity contribution in [1.29, 1.82) is 5.26 Å². The third-order valence-electron chi connectivity index (χ3n) is 9.69.